The third-order valence-corrected chi connectivity index (χ3v) is 4.00. The van der Waals surface area contributed by atoms with E-state index < -0.39 is 0 Å². The second kappa shape index (κ2) is 7.74. The van der Waals surface area contributed by atoms with Crippen LogP contribution in [0.5, 0.6) is 11.5 Å². The van der Waals surface area contributed by atoms with Crippen LogP contribution in [0.15, 0.2) is 67.0 Å². The van der Waals surface area contributed by atoms with Crippen molar-refractivity contribution in [3.63, 3.8) is 0 Å². The van der Waals surface area contributed by atoms with E-state index in [1.807, 2.05) is 30.3 Å². The van der Waals surface area contributed by atoms with Crippen molar-refractivity contribution in [3.8, 4) is 11.5 Å². The Morgan fingerprint density at radius 3 is 2.70 bits per heavy atom. The molecule has 1 aromatic heterocycles. The fourth-order valence-electron chi connectivity index (χ4n) is 2.70. The van der Waals surface area contributed by atoms with Gasteiger partial charge >= 0.3 is 0 Å². The van der Waals surface area contributed by atoms with Crippen molar-refractivity contribution in [3.05, 3.63) is 72.6 Å². The fourth-order valence-corrected chi connectivity index (χ4v) is 2.70. The highest BCUT2D eigenvalue weighted by Crippen LogP contribution is 2.30. The zero-order chi connectivity index (χ0) is 18.5. The number of nitrogens with one attached hydrogen (secondary N) is 2. The molecule has 2 N–H and O–H groups in total. The van der Waals surface area contributed by atoms with Gasteiger partial charge in [-0.05, 0) is 36.4 Å². The van der Waals surface area contributed by atoms with Crippen molar-refractivity contribution in [1.29, 1.82) is 0 Å². The van der Waals surface area contributed by atoms with Crippen molar-refractivity contribution >= 4 is 17.5 Å². The number of hydrogen-bond acceptors (Lipinski definition) is 6. The zero-order valence-electron chi connectivity index (χ0n) is 14.5. The van der Waals surface area contributed by atoms with Gasteiger partial charge in [0.25, 0.3) is 5.91 Å². The lowest BCUT2D eigenvalue weighted by Crippen LogP contribution is -2.40. The summed E-state index contributed by atoms with van der Waals surface area (Å²) >= 11 is 0. The normalized spacial score (nSPS) is 15.0. The lowest BCUT2D eigenvalue weighted by Gasteiger charge is -2.26. The van der Waals surface area contributed by atoms with Gasteiger partial charge in [-0.2, -0.15) is 0 Å². The Hall–Kier alpha value is -3.61. The van der Waals surface area contributed by atoms with Gasteiger partial charge in [0.05, 0.1) is 6.54 Å². The van der Waals surface area contributed by atoms with Crippen molar-refractivity contribution in [2.75, 3.05) is 18.5 Å². The second-order valence-corrected chi connectivity index (χ2v) is 5.99. The van der Waals surface area contributed by atoms with Crippen molar-refractivity contribution in [2.24, 2.45) is 0 Å². The van der Waals surface area contributed by atoms with Crippen molar-refractivity contribution < 1.29 is 14.3 Å². The molecule has 2 heterocycles. The van der Waals surface area contributed by atoms with Crippen LogP contribution in [0.2, 0.25) is 0 Å². The van der Waals surface area contributed by atoms with Crippen LogP contribution in [0, 0.1) is 0 Å². The maximum Gasteiger partial charge on any atom is 0.251 e. The first-order valence-corrected chi connectivity index (χ1v) is 8.59. The number of fused-ring (bicyclic) bond motifs is 1. The molecule has 0 radical (unpaired) electrons. The molecule has 0 fully saturated rings. The number of para-hydroxylation sites is 2. The maximum atomic E-state index is 12.5. The molecule has 0 bridgehead atoms. The number of anilines is 2. The van der Waals surface area contributed by atoms with Crippen LogP contribution >= 0.6 is 0 Å². The highest BCUT2D eigenvalue weighted by molar-refractivity contribution is 5.95. The molecule has 2 aromatic carbocycles. The van der Waals surface area contributed by atoms with Gasteiger partial charge in [0.15, 0.2) is 11.5 Å². The SMILES string of the molecule is O=C(NC[C@@H]1COc2ccccc2O1)c1cccc(Nc2ncccn2)c1. The molecule has 0 unspecified atom stereocenters. The summed E-state index contributed by atoms with van der Waals surface area (Å²) in [5.74, 6) is 1.70. The van der Waals surface area contributed by atoms with E-state index in [1.165, 1.54) is 0 Å². The predicted octanol–water partition coefficient (Wildman–Crippen LogP) is 2.79. The minimum absolute atomic E-state index is 0.185. The molecule has 1 aliphatic rings. The Balaban J connectivity index is 1.35. The number of amides is 1. The van der Waals surface area contributed by atoms with Crippen LogP contribution < -0.4 is 20.1 Å². The number of carbonyl (C=O) groups excluding carboxylic acids is 1. The van der Waals surface area contributed by atoms with Gasteiger partial charge in [-0.1, -0.05) is 18.2 Å². The predicted molar refractivity (Wildman–Crippen MR) is 100 cm³/mol. The molecule has 0 aliphatic carbocycles. The van der Waals surface area contributed by atoms with Gasteiger partial charge < -0.3 is 20.1 Å². The first-order valence-electron chi connectivity index (χ1n) is 8.59. The summed E-state index contributed by atoms with van der Waals surface area (Å²) in [7, 11) is 0. The van der Waals surface area contributed by atoms with Gasteiger partial charge in [-0.3, -0.25) is 4.79 Å². The zero-order valence-corrected chi connectivity index (χ0v) is 14.5. The van der Waals surface area contributed by atoms with E-state index in [4.69, 9.17) is 9.47 Å². The van der Waals surface area contributed by atoms with Crippen LogP contribution in [0.4, 0.5) is 11.6 Å². The van der Waals surface area contributed by atoms with E-state index in [1.54, 1.807) is 36.7 Å². The topological polar surface area (TPSA) is 85.4 Å². The summed E-state index contributed by atoms with van der Waals surface area (Å²) in [4.78, 5) is 20.7. The number of hydrogen-bond donors (Lipinski definition) is 2. The summed E-state index contributed by atoms with van der Waals surface area (Å²) in [5, 5.41) is 5.96. The first kappa shape index (κ1) is 16.8. The summed E-state index contributed by atoms with van der Waals surface area (Å²) < 4.78 is 11.5. The maximum absolute atomic E-state index is 12.5. The van der Waals surface area contributed by atoms with Crippen LogP contribution in [0.25, 0.3) is 0 Å². The molecule has 4 rings (SSSR count). The van der Waals surface area contributed by atoms with E-state index in [0.717, 1.165) is 11.4 Å². The third kappa shape index (κ3) is 4.14. The van der Waals surface area contributed by atoms with Gasteiger partial charge in [-0.15, -0.1) is 0 Å². The highest BCUT2D eigenvalue weighted by Gasteiger charge is 2.21. The Labute approximate surface area is 156 Å². The third-order valence-electron chi connectivity index (χ3n) is 4.00. The van der Waals surface area contributed by atoms with E-state index in [2.05, 4.69) is 20.6 Å². The van der Waals surface area contributed by atoms with Gasteiger partial charge in [0.1, 0.15) is 12.7 Å². The molecule has 0 saturated carbocycles. The number of nitrogens with zero attached hydrogens (tertiary/aromatic N) is 2. The summed E-state index contributed by atoms with van der Waals surface area (Å²) in [6.07, 6.45) is 3.06. The molecule has 1 atom stereocenters. The number of ether oxygens (including phenoxy) is 2. The fraction of sp³-hybridized carbons (Fsp3) is 0.150. The molecule has 0 saturated heterocycles. The Kier molecular flexibility index (Phi) is 4.82. The van der Waals surface area contributed by atoms with Crippen molar-refractivity contribution in [2.45, 2.75) is 6.10 Å². The average Bonchev–Trinajstić information content (AvgIpc) is 2.73. The number of rotatable bonds is 5. The highest BCUT2D eigenvalue weighted by atomic mass is 16.6. The van der Waals surface area contributed by atoms with Crippen LogP contribution in [0.3, 0.4) is 0 Å². The van der Waals surface area contributed by atoms with Crippen molar-refractivity contribution in [1.82, 2.24) is 15.3 Å². The number of carbonyl (C=O) groups is 1. The lowest BCUT2D eigenvalue weighted by molar-refractivity contribution is 0.0789. The van der Waals surface area contributed by atoms with Gasteiger partial charge in [-0.25, -0.2) is 9.97 Å². The largest absolute Gasteiger partial charge is 0.486 e. The molecule has 136 valence electrons. The number of benzene rings is 2. The Morgan fingerprint density at radius 2 is 1.85 bits per heavy atom. The monoisotopic (exact) mass is 362 g/mol. The van der Waals surface area contributed by atoms with E-state index in [9.17, 15) is 4.79 Å². The summed E-state index contributed by atoms with van der Waals surface area (Å²) in [6, 6.07) is 16.4. The van der Waals surface area contributed by atoms with Gasteiger partial charge in [0.2, 0.25) is 5.95 Å². The first-order chi connectivity index (χ1) is 13.3. The Morgan fingerprint density at radius 1 is 1.04 bits per heavy atom. The van der Waals surface area contributed by atoms with Crippen LogP contribution in [-0.2, 0) is 0 Å². The molecule has 1 aliphatic heterocycles. The molecule has 27 heavy (non-hydrogen) atoms. The number of aromatic nitrogens is 2. The second-order valence-electron chi connectivity index (χ2n) is 5.99. The minimum Gasteiger partial charge on any atom is -0.486 e. The summed E-state index contributed by atoms with van der Waals surface area (Å²) in [5.41, 5.74) is 1.27. The standard InChI is InChI=1S/C20H18N4O3/c25-19(23-12-16-13-26-17-7-1-2-8-18(17)27-16)14-5-3-6-15(11-14)24-20-21-9-4-10-22-20/h1-11,16H,12-13H2,(H,23,25)(H,21,22,24)/t16-/m1/s1. The molecule has 0 spiro atoms. The molecular formula is C20H18N4O3. The van der Waals surface area contributed by atoms with E-state index in [-0.39, 0.29) is 12.0 Å². The smallest absolute Gasteiger partial charge is 0.251 e. The Bertz CT molecular complexity index is 933. The molecule has 3 aromatic rings. The van der Waals surface area contributed by atoms with Crippen LogP contribution in [0.1, 0.15) is 10.4 Å². The van der Waals surface area contributed by atoms with Crippen LogP contribution in [-0.4, -0.2) is 35.1 Å². The molecule has 1 amide bonds. The van der Waals surface area contributed by atoms with Gasteiger partial charge in [0, 0.05) is 23.6 Å². The van der Waals surface area contributed by atoms with E-state index >= 15 is 0 Å². The molecule has 7 nitrogen and oxygen atoms in total. The summed E-state index contributed by atoms with van der Waals surface area (Å²) in [6.45, 7) is 0.747. The van der Waals surface area contributed by atoms with E-state index in [0.29, 0.717) is 30.4 Å². The average molecular weight is 362 g/mol. The molecule has 7 heteroatoms. The molecular weight excluding hydrogens is 344 g/mol. The quantitative estimate of drug-likeness (QED) is 0.726. The minimum atomic E-state index is -0.233. The lowest BCUT2D eigenvalue weighted by atomic mass is 10.2.